The van der Waals surface area contributed by atoms with E-state index in [4.69, 9.17) is 22.4 Å². The van der Waals surface area contributed by atoms with E-state index in [1.807, 2.05) is 0 Å². The lowest BCUT2D eigenvalue weighted by Crippen LogP contribution is -2.20. The van der Waals surface area contributed by atoms with Gasteiger partial charge in [-0.2, -0.15) is 0 Å². The molecule has 0 unspecified atom stereocenters. The van der Waals surface area contributed by atoms with Crippen LogP contribution < -0.4 is 5.73 Å². The molecule has 1 heterocycles. The van der Waals surface area contributed by atoms with Crippen LogP contribution in [-0.4, -0.2) is 16.1 Å². The van der Waals surface area contributed by atoms with Gasteiger partial charge in [-0.3, -0.25) is 4.79 Å². The quantitative estimate of drug-likeness (QED) is 0.729. The van der Waals surface area contributed by atoms with Gasteiger partial charge in [0, 0.05) is 17.1 Å². The van der Waals surface area contributed by atoms with Crippen LogP contribution in [-0.2, 0) is 4.79 Å². The van der Waals surface area contributed by atoms with Crippen LogP contribution >= 0.6 is 11.6 Å². The van der Waals surface area contributed by atoms with Crippen LogP contribution in [0.25, 0.3) is 10.9 Å². The zero-order chi connectivity index (χ0) is 11.0. The lowest BCUT2D eigenvalue weighted by molar-refractivity contribution is -0.138. The van der Waals surface area contributed by atoms with Gasteiger partial charge in [0.15, 0.2) is 0 Å². The molecular weight excluding hydrogens is 216 g/mol. The SMILES string of the molecule is N[C@@H](C(=O)O)c1c[nH]c2c(Cl)cccc12. The number of hydrogen-bond acceptors (Lipinski definition) is 2. The van der Waals surface area contributed by atoms with Crippen LogP contribution in [0.2, 0.25) is 5.02 Å². The molecule has 0 bridgehead atoms. The van der Waals surface area contributed by atoms with E-state index in [1.54, 1.807) is 24.4 Å². The molecule has 2 aromatic rings. The normalized spacial score (nSPS) is 12.9. The smallest absolute Gasteiger partial charge is 0.325 e. The summed E-state index contributed by atoms with van der Waals surface area (Å²) >= 11 is 5.94. The Morgan fingerprint density at radius 1 is 1.53 bits per heavy atom. The number of aliphatic carboxylic acids is 1. The molecule has 1 aromatic heterocycles. The Balaban J connectivity index is 2.64. The highest BCUT2D eigenvalue weighted by Gasteiger charge is 2.18. The summed E-state index contributed by atoms with van der Waals surface area (Å²) < 4.78 is 0. The fourth-order valence-electron chi connectivity index (χ4n) is 1.53. The predicted octanol–water partition coefficient (Wildman–Crippen LogP) is 1.91. The van der Waals surface area contributed by atoms with Crippen molar-refractivity contribution in [2.45, 2.75) is 6.04 Å². The second-order valence-corrected chi connectivity index (χ2v) is 3.63. The molecule has 0 saturated heterocycles. The molecule has 4 nitrogen and oxygen atoms in total. The summed E-state index contributed by atoms with van der Waals surface area (Å²) in [6.45, 7) is 0. The van der Waals surface area contributed by atoms with E-state index in [2.05, 4.69) is 4.98 Å². The number of nitrogens with one attached hydrogen (secondary N) is 1. The minimum absolute atomic E-state index is 0.542. The Hall–Kier alpha value is -1.52. The molecule has 15 heavy (non-hydrogen) atoms. The minimum Gasteiger partial charge on any atom is -0.480 e. The second-order valence-electron chi connectivity index (χ2n) is 3.22. The molecular formula is C10H9ClN2O2. The highest BCUT2D eigenvalue weighted by molar-refractivity contribution is 6.35. The van der Waals surface area contributed by atoms with Crippen LogP contribution in [0, 0.1) is 0 Å². The average Bonchev–Trinajstić information content (AvgIpc) is 2.61. The number of hydrogen-bond donors (Lipinski definition) is 3. The van der Waals surface area contributed by atoms with E-state index in [1.165, 1.54) is 0 Å². The summed E-state index contributed by atoms with van der Waals surface area (Å²) in [6, 6.07) is 4.25. The molecule has 4 N–H and O–H groups in total. The number of fused-ring (bicyclic) bond motifs is 1. The first-order valence-electron chi connectivity index (χ1n) is 4.35. The number of aromatic amines is 1. The van der Waals surface area contributed by atoms with Crippen LogP contribution in [0.3, 0.4) is 0 Å². The second kappa shape index (κ2) is 3.56. The molecule has 2 rings (SSSR count). The van der Waals surface area contributed by atoms with Gasteiger partial charge in [0.1, 0.15) is 6.04 Å². The zero-order valence-electron chi connectivity index (χ0n) is 7.70. The summed E-state index contributed by atoms with van der Waals surface area (Å²) in [5.41, 5.74) is 6.79. The summed E-state index contributed by atoms with van der Waals surface area (Å²) in [5, 5.41) is 10.1. The third-order valence-corrected chi connectivity index (χ3v) is 2.61. The molecule has 0 fully saturated rings. The molecule has 0 saturated carbocycles. The van der Waals surface area contributed by atoms with Crippen molar-refractivity contribution in [3.8, 4) is 0 Å². The molecule has 0 aliphatic heterocycles. The van der Waals surface area contributed by atoms with Crippen molar-refractivity contribution in [1.29, 1.82) is 0 Å². The van der Waals surface area contributed by atoms with Crippen LogP contribution in [0.15, 0.2) is 24.4 Å². The van der Waals surface area contributed by atoms with Crippen LogP contribution in [0.1, 0.15) is 11.6 Å². The molecule has 1 atom stereocenters. The van der Waals surface area contributed by atoms with Crippen molar-refractivity contribution in [3.63, 3.8) is 0 Å². The molecule has 0 radical (unpaired) electrons. The summed E-state index contributed by atoms with van der Waals surface area (Å²) in [6.07, 6.45) is 1.58. The molecule has 0 aliphatic rings. The van der Waals surface area contributed by atoms with Crippen molar-refractivity contribution >= 4 is 28.5 Å². The van der Waals surface area contributed by atoms with Crippen LogP contribution in [0.5, 0.6) is 0 Å². The van der Waals surface area contributed by atoms with Gasteiger partial charge in [0.2, 0.25) is 0 Å². The first kappa shape index (κ1) is 10.0. The number of carboxylic acid groups (broad SMARTS) is 1. The average molecular weight is 225 g/mol. The van der Waals surface area contributed by atoms with Gasteiger partial charge in [0.25, 0.3) is 0 Å². The number of rotatable bonds is 2. The maximum Gasteiger partial charge on any atom is 0.325 e. The monoisotopic (exact) mass is 224 g/mol. The van der Waals surface area contributed by atoms with E-state index >= 15 is 0 Å². The zero-order valence-corrected chi connectivity index (χ0v) is 8.45. The van der Waals surface area contributed by atoms with E-state index in [0.717, 1.165) is 5.39 Å². The molecule has 0 spiro atoms. The van der Waals surface area contributed by atoms with E-state index in [-0.39, 0.29) is 0 Å². The van der Waals surface area contributed by atoms with Crippen LogP contribution in [0.4, 0.5) is 0 Å². The number of aromatic nitrogens is 1. The molecule has 78 valence electrons. The maximum absolute atomic E-state index is 10.8. The third-order valence-electron chi connectivity index (χ3n) is 2.30. The van der Waals surface area contributed by atoms with Crippen molar-refractivity contribution in [3.05, 3.63) is 35.0 Å². The third kappa shape index (κ3) is 1.58. The van der Waals surface area contributed by atoms with E-state index in [0.29, 0.717) is 16.1 Å². The molecule has 1 aromatic carbocycles. The highest BCUT2D eigenvalue weighted by atomic mass is 35.5. The highest BCUT2D eigenvalue weighted by Crippen LogP contribution is 2.27. The Morgan fingerprint density at radius 3 is 2.93 bits per heavy atom. The minimum atomic E-state index is -1.06. The van der Waals surface area contributed by atoms with Crippen molar-refractivity contribution in [2.75, 3.05) is 0 Å². The Morgan fingerprint density at radius 2 is 2.27 bits per heavy atom. The van der Waals surface area contributed by atoms with Gasteiger partial charge in [-0.15, -0.1) is 0 Å². The molecule has 0 aliphatic carbocycles. The number of carboxylic acids is 1. The maximum atomic E-state index is 10.8. The van der Waals surface area contributed by atoms with Gasteiger partial charge < -0.3 is 15.8 Å². The number of nitrogens with two attached hydrogens (primary N) is 1. The molecule has 0 amide bonds. The Labute approximate surface area is 90.7 Å². The van der Waals surface area contributed by atoms with Gasteiger partial charge in [-0.25, -0.2) is 0 Å². The van der Waals surface area contributed by atoms with Gasteiger partial charge >= 0.3 is 5.97 Å². The fraction of sp³-hybridized carbons (Fsp3) is 0.100. The first-order valence-corrected chi connectivity index (χ1v) is 4.73. The predicted molar refractivity (Wildman–Crippen MR) is 57.9 cm³/mol. The topological polar surface area (TPSA) is 79.1 Å². The first-order chi connectivity index (χ1) is 7.11. The molecule has 5 heteroatoms. The summed E-state index contributed by atoms with van der Waals surface area (Å²) in [4.78, 5) is 13.7. The van der Waals surface area contributed by atoms with Crippen molar-refractivity contribution in [1.82, 2.24) is 4.98 Å². The number of H-pyrrole nitrogens is 1. The van der Waals surface area contributed by atoms with Gasteiger partial charge in [-0.05, 0) is 6.07 Å². The lowest BCUT2D eigenvalue weighted by atomic mass is 10.1. The summed E-state index contributed by atoms with van der Waals surface area (Å²) in [5.74, 6) is -1.06. The largest absolute Gasteiger partial charge is 0.480 e. The van der Waals surface area contributed by atoms with Gasteiger partial charge in [0.05, 0.1) is 10.5 Å². The fourth-order valence-corrected chi connectivity index (χ4v) is 1.76. The number of carbonyl (C=O) groups is 1. The number of benzene rings is 1. The standard InChI is InChI=1S/C10H9ClN2O2/c11-7-3-1-2-5-6(4-13-9(5)7)8(12)10(14)15/h1-4,8,13H,12H2,(H,14,15)/t8-/m1/s1. The van der Waals surface area contributed by atoms with E-state index < -0.39 is 12.0 Å². The van der Waals surface area contributed by atoms with E-state index in [9.17, 15) is 4.79 Å². The Kier molecular flexibility index (Phi) is 2.38. The van der Waals surface area contributed by atoms with Gasteiger partial charge in [-0.1, -0.05) is 23.7 Å². The lowest BCUT2D eigenvalue weighted by Gasteiger charge is -2.04. The number of halogens is 1. The summed E-state index contributed by atoms with van der Waals surface area (Å²) in [7, 11) is 0. The van der Waals surface area contributed by atoms with Crippen molar-refractivity contribution in [2.24, 2.45) is 5.73 Å². The number of para-hydroxylation sites is 1. The van der Waals surface area contributed by atoms with Crippen molar-refractivity contribution < 1.29 is 9.90 Å². The Bertz CT molecular complexity index is 521.